The van der Waals surface area contributed by atoms with Gasteiger partial charge in [0.1, 0.15) is 11.9 Å². The molecule has 0 spiro atoms. The molecule has 2 N–H and O–H groups in total. The molecule has 1 aromatic rings. The second kappa shape index (κ2) is 6.91. The Hall–Kier alpha value is -2.08. The minimum Gasteiger partial charge on any atom is -0.482 e. The Morgan fingerprint density at radius 1 is 1.45 bits per heavy atom. The molecule has 108 valence electrons. The maximum absolute atomic E-state index is 11.8. The minimum atomic E-state index is -1.03. The van der Waals surface area contributed by atoms with Crippen LogP contribution in [-0.4, -0.2) is 36.3 Å². The van der Waals surface area contributed by atoms with Crippen LogP contribution >= 0.6 is 0 Å². The summed E-state index contributed by atoms with van der Waals surface area (Å²) in [6, 6.07) is 6.97. The molecule has 1 aliphatic rings. The van der Waals surface area contributed by atoms with E-state index in [-0.39, 0.29) is 18.6 Å². The SMILES string of the molecule is O=C(O)COc1cccc(CNC(=O)[C@H]2CCCO2)c1. The molecule has 1 aliphatic heterocycles. The summed E-state index contributed by atoms with van der Waals surface area (Å²) in [5.74, 6) is -0.669. The van der Waals surface area contributed by atoms with Gasteiger partial charge in [-0.1, -0.05) is 12.1 Å². The highest BCUT2D eigenvalue weighted by molar-refractivity contribution is 5.80. The number of hydrogen-bond acceptors (Lipinski definition) is 4. The average molecular weight is 279 g/mol. The largest absolute Gasteiger partial charge is 0.482 e. The first kappa shape index (κ1) is 14.3. The summed E-state index contributed by atoms with van der Waals surface area (Å²) in [6.07, 6.45) is 1.32. The van der Waals surface area contributed by atoms with Gasteiger partial charge in [0.15, 0.2) is 6.61 Å². The first-order valence-electron chi connectivity index (χ1n) is 6.48. The van der Waals surface area contributed by atoms with Gasteiger partial charge in [0.05, 0.1) is 0 Å². The zero-order chi connectivity index (χ0) is 14.4. The fraction of sp³-hybridized carbons (Fsp3) is 0.429. The van der Waals surface area contributed by atoms with Gasteiger partial charge in [0.25, 0.3) is 0 Å². The number of benzene rings is 1. The van der Waals surface area contributed by atoms with Gasteiger partial charge in [0, 0.05) is 13.2 Å². The zero-order valence-corrected chi connectivity index (χ0v) is 11.0. The van der Waals surface area contributed by atoms with Crippen LogP contribution in [0.1, 0.15) is 18.4 Å². The molecule has 6 heteroatoms. The number of carbonyl (C=O) groups is 2. The Kier molecular flexibility index (Phi) is 4.95. The van der Waals surface area contributed by atoms with Crippen molar-refractivity contribution in [3.63, 3.8) is 0 Å². The van der Waals surface area contributed by atoms with Crippen LogP contribution in [0.15, 0.2) is 24.3 Å². The van der Waals surface area contributed by atoms with E-state index >= 15 is 0 Å². The van der Waals surface area contributed by atoms with Crippen molar-refractivity contribution in [2.24, 2.45) is 0 Å². The van der Waals surface area contributed by atoms with Gasteiger partial charge in [-0.05, 0) is 30.5 Å². The van der Waals surface area contributed by atoms with Crippen LogP contribution in [0.2, 0.25) is 0 Å². The standard InChI is InChI=1S/C14H17NO5/c16-13(17)9-20-11-4-1-3-10(7-11)8-15-14(18)12-5-2-6-19-12/h1,3-4,7,12H,2,5-6,8-9H2,(H,15,18)(H,16,17)/t12-/m1/s1. The predicted octanol–water partition coefficient (Wildman–Crippen LogP) is 0.945. The molecule has 2 rings (SSSR count). The highest BCUT2D eigenvalue weighted by Crippen LogP contribution is 2.14. The molecule has 6 nitrogen and oxygen atoms in total. The molecule has 20 heavy (non-hydrogen) atoms. The molecular formula is C14H17NO5. The number of rotatable bonds is 6. The van der Waals surface area contributed by atoms with Crippen molar-refractivity contribution in [1.29, 1.82) is 0 Å². The third kappa shape index (κ3) is 4.24. The van der Waals surface area contributed by atoms with E-state index in [1.54, 1.807) is 18.2 Å². The molecule has 1 atom stereocenters. The van der Waals surface area contributed by atoms with Crippen molar-refractivity contribution in [3.05, 3.63) is 29.8 Å². The lowest BCUT2D eigenvalue weighted by Gasteiger charge is -2.11. The number of nitrogens with one attached hydrogen (secondary N) is 1. The van der Waals surface area contributed by atoms with Crippen molar-refractivity contribution in [3.8, 4) is 5.75 Å². The van der Waals surface area contributed by atoms with Crippen molar-refractivity contribution < 1.29 is 24.2 Å². The van der Waals surface area contributed by atoms with Gasteiger partial charge in [-0.3, -0.25) is 4.79 Å². The van der Waals surface area contributed by atoms with Crippen LogP contribution in [0.3, 0.4) is 0 Å². The van der Waals surface area contributed by atoms with Crippen molar-refractivity contribution in [2.75, 3.05) is 13.2 Å². The lowest BCUT2D eigenvalue weighted by molar-refractivity contribution is -0.139. The molecule has 0 unspecified atom stereocenters. The van der Waals surface area contributed by atoms with E-state index in [2.05, 4.69) is 5.32 Å². The zero-order valence-electron chi connectivity index (χ0n) is 11.0. The van der Waals surface area contributed by atoms with Crippen molar-refractivity contribution in [1.82, 2.24) is 5.32 Å². The number of hydrogen-bond donors (Lipinski definition) is 2. The summed E-state index contributed by atoms with van der Waals surface area (Å²) in [5, 5.41) is 11.3. The third-order valence-corrected chi connectivity index (χ3v) is 2.95. The van der Waals surface area contributed by atoms with E-state index in [1.807, 2.05) is 6.07 Å². The van der Waals surface area contributed by atoms with Crippen LogP contribution in [0.4, 0.5) is 0 Å². The van der Waals surface area contributed by atoms with Gasteiger partial charge in [0.2, 0.25) is 5.91 Å². The van der Waals surface area contributed by atoms with Crippen LogP contribution < -0.4 is 10.1 Å². The number of carbonyl (C=O) groups excluding carboxylic acids is 1. The van der Waals surface area contributed by atoms with Crippen molar-refractivity contribution in [2.45, 2.75) is 25.5 Å². The Morgan fingerprint density at radius 2 is 2.30 bits per heavy atom. The molecule has 1 amide bonds. The fourth-order valence-corrected chi connectivity index (χ4v) is 1.98. The molecule has 1 saturated heterocycles. The first-order chi connectivity index (χ1) is 9.65. The molecule has 0 aromatic heterocycles. The highest BCUT2D eigenvalue weighted by atomic mass is 16.5. The lowest BCUT2D eigenvalue weighted by Crippen LogP contribution is -2.33. The van der Waals surface area contributed by atoms with Gasteiger partial charge < -0.3 is 19.9 Å². The number of carboxylic acids is 1. The van der Waals surface area contributed by atoms with Gasteiger partial charge in [-0.15, -0.1) is 0 Å². The van der Waals surface area contributed by atoms with E-state index in [0.717, 1.165) is 18.4 Å². The summed E-state index contributed by atoms with van der Waals surface area (Å²) in [5.41, 5.74) is 0.847. The second-order valence-corrected chi connectivity index (χ2v) is 4.55. The molecule has 1 fully saturated rings. The fourth-order valence-electron chi connectivity index (χ4n) is 1.98. The average Bonchev–Trinajstić information content (AvgIpc) is 2.97. The first-order valence-corrected chi connectivity index (χ1v) is 6.48. The summed E-state index contributed by atoms with van der Waals surface area (Å²) in [6.45, 7) is 0.616. The molecule has 0 bridgehead atoms. The molecule has 0 saturated carbocycles. The van der Waals surface area contributed by atoms with Crippen LogP contribution in [0, 0.1) is 0 Å². The number of aliphatic carboxylic acids is 1. The topological polar surface area (TPSA) is 84.9 Å². The number of carboxylic acid groups (broad SMARTS) is 1. The summed E-state index contributed by atoms with van der Waals surface area (Å²) >= 11 is 0. The quantitative estimate of drug-likeness (QED) is 0.809. The van der Waals surface area contributed by atoms with Gasteiger partial charge >= 0.3 is 5.97 Å². The van der Waals surface area contributed by atoms with E-state index in [9.17, 15) is 9.59 Å². The van der Waals surface area contributed by atoms with Crippen molar-refractivity contribution >= 4 is 11.9 Å². The second-order valence-electron chi connectivity index (χ2n) is 4.55. The lowest BCUT2D eigenvalue weighted by atomic mass is 10.2. The van der Waals surface area contributed by atoms with E-state index in [0.29, 0.717) is 18.9 Å². The summed E-state index contributed by atoms with van der Waals surface area (Å²) < 4.78 is 10.4. The van der Waals surface area contributed by atoms with Gasteiger partial charge in [-0.2, -0.15) is 0 Å². The normalized spacial score (nSPS) is 17.7. The minimum absolute atomic E-state index is 0.112. The Balaban J connectivity index is 1.84. The Labute approximate surface area is 116 Å². The molecule has 0 radical (unpaired) electrons. The summed E-state index contributed by atoms with van der Waals surface area (Å²) in [7, 11) is 0. The monoisotopic (exact) mass is 279 g/mol. The van der Waals surface area contributed by atoms with E-state index in [1.165, 1.54) is 0 Å². The van der Waals surface area contributed by atoms with Crippen LogP contribution in [0.25, 0.3) is 0 Å². The third-order valence-electron chi connectivity index (χ3n) is 2.95. The molecule has 0 aliphatic carbocycles. The maximum atomic E-state index is 11.8. The number of amides is 1. The van der Waals surface area contributed by atoms with E-state index < -0.39 is 5.97 Å². The Morgan fingerprint density at radius 3 is 3.00 bits per heavy atom. The van der Waals surface area contributed by atoms with E-state index in [4.69, 9.17) is 14.6 Å². The van der Waals surface area contributed by atoms with Crippen LogP contribution in [0.5, 0.6) is 5.75 Å². The van der Waals surface area contributed by atoms with Crippen LogP contribution in [-0.2, 0) is 20.9 Å². The molecule has 1 aromatic carbocycles. The maximum Gasteiger partial charge on any atom is 0.341 e. The molecule has 1 heterocycles. The highest BCUT2D eigenvalue weighted by Gasteiger charge is 2.22. The summed E-state index contributed by atoms with van der Waals surface area (Å²) in [4.78, 5) is 22.2. The smallest absolute Gasteiger partial charge is 0.341 e. The predicted molar refractivity (Wildman–Crippen MR) is 70.4 cm³/mol. The number of ether oxygens (including phenoxy) is 2. The Bertz CT molecular complexity index is 482. The molecular weight excluding hydrogens is 262 g/mol. The van der Waals surface area contributed by atoms with Gasteiger partial charge in [-0.25, -0.2) is 4.79 Å².